The van der Waals surface area contributed by atoms with E-state index in [4.69, 9.17) is 21.3 Å². The molecule has 1 unspecified atom stereocenters. The molecule has 1 aromatic heterocycles. The summed E-state index contributed by atoms with van der Waals surface area (Å²) in [5, 5.41) is 0.716. The summed E-state index contributed by atoms with van der Waals surface area (Å²) >= 11 is 5.96. The number of halogens is 1. The average Bonchev–Trinajstić information content (AvgIpc) is 3.05. The molecule has 4 nitrogen and oxygen atoms in total. The number of aromatic nitrogens is 2. The fraction of sp³-hybridized carbons (Fsp3) is 0.435. The summed E-state index contributed by atoms with van der Waals surface area (Å²) in [6, 6.07) is 15.9. The Labute approximate surface area is 172 Å². The Balaban J connectivity index is 1.44. The second-order valence-electron chi connectivity index (χ2n) is 7.82. The first-order valence-corrected chi connectivity index (χ1v) is 10.6. The zero-order chi connectivity index (χ0) is 19.3. The van der Waals surface area contributed by atoms with E-state index in [0.717, 1.165) is 29.6 Å². The van der Waals surface area contributed by atoms with Crippen LogP contribution in [0.2, 0.25) is 5.02 Å². The zero-order valence-corrected chi connectivity index (χ0v) is 17.2. The molecule has 0 spiro atoms. The number of piperidine rings is 1. The Kier molecular flexibility index (Phi) is 6.18. The van der Waals surface area contributed by atoms with Gasteiger partial charge in [0.25, 0.3) is 0 Å². The summed E-state index contributed by atoms with van der Waals surface area (Å²) in [5.74, 6) is 2.62. The zero-order valence-electron chi connectivity index (χ0n) is 16.5. The van der Waals surface area contributed by atoms with E-state index in [1.807, 2.05) is 30.3 Å². The van der Waals surface area contributed by atoms with Gasteiger partial charge in [0.1, 0.15) is 18.2 Å². The molecule has 1 fully saturated rings. The van der Waals surface area contributed by atoms with Gasteiger partial charge in [-0.15, -0.1) is 0 Å². The topological polar surface area (TPSA) is 30.3 Å². The van der Waals surface area contributed by atoms with Gasteiger partial charge in [-0.1, -0.05) is 23.7 Å². The van der Waals surface area contributed by atoms with Crippen molar-refractivity contribution >= 4 is 22.6 Å². The Morgan fingerprint density at radius 3 is 2.79 bits per heavy atom. The summed E-state index contributed by atoms with van der Waals surface area (Å²) in [6.07, 6.45) is 5.14. The largest absolute Gasteiger partial charge is 0.486 e. The molecule has 0 amide bonds. The van der Waals surface area contributed by atoms with E-state index in [9.17, 15) is 0 Å². The highest BCUT2D eigenvalue weighted by Gasteiger charge is 2.17. The van der Waals surface area contributed by atoms with Gasteiger partial charge in [0.15, 0.2) is 0 Å². The highest BCUT2D eigenvalue weighted by Crippen LogP contribution is 2.23. The van der Waals surface area contributed by atoms with E-state index >= 15 is 0 Å². The number of nitrogens with zero attached hydrogens (tertiary/aromatic N) is 3. The standard InChI is InChI=1S/C23H28ClN3O/c1-26-14-4-6-18(16-26)7-5-15-27-22-9-3-2-8-21(22)25-23(27)17-28-20-12-10-19(24)11-13-20/h2-3,8-13,18H,4-7,14-17H2,1H3. The number of para-hydroxylation sites is 2. The Hall–Kier alpha value is -2.04. The minimum absolute atomic E-state index is 0.461. The van der Waals surface area contributed by atoms with E-state index < -0.39 is 0 Å². The highest BCUT2D eigenvalue weighted by molar-refractivity contribution is 6.30. The average molecular weight is 398 g/mol. The number of fused-ring (bicyclic) bond motifs is 1. The van der Waals surface area contributed by atoms with Crippen LogP contribution in [0.5, 0.6) is 5.75 Å². The lowest BCUT2D eigenvalue weighted by atomic mass is 9.94. The van der Waals surface area contributed by atoms with Gasteiger partial charge in [-0.3, -0.25) is 0 Å². The van der Waals surface area contributed by atoms with Gasteiger partial charge in [0.05, 0.1) is 11.0 Å². The number of imidazole rings is 1. The van der Waals surface area contributed by atoms with Crippen LogP contribution in [0.25, 0.3) is 11.0 Å². The van der Waals surface area contributed by atoms with Crippen molar-refractivity contribution in [2.24, 2.45) is 5.92 Å². The van der Waals surface area contributed by atoms with Crippen molar-refractivity contribution in [1.29, 1.82) is 0 Å². The van der Waals surface area contributed by atoms with Crippen LogP contribution in [0.4, 0.5) is 0 Å². The molecule has 1 aliphatic heterocycles. The van der Waals surface area contributed by atoms with Crippen molar-refractivity contribution < 1.29 is 4.74 Å². The molecule has 2 aromatic carbocycles. The molecule has 0 radical (unpaired) electrons. The van der Waals surface area contributed by atoms with Crippen LogP contribution < -0.4 is 4.74 Å². The molecule has 2 heterocycles. The number of hydrogen-bond donors (Lipinski definition) is 0. The second-order valence-corrected chi connectivity index (χ2v) is 8.26. The third-order valence-corrected chi connectivity index (χ3v) is 5.88. The molecular weight excluding hydrogens is 370 g/mol. The summed E-state index contributed by atoms with van der Waals surface area (Å²) in [6.45, 7) is 3.93. The molecule has 1 atom stereocenters. The van der Waals surface area contributed by atoms with Gasteiger partial charge in [-0.05, 0) is 81.6 Å². The SMILES string of the molecule is CN1CCCC(CCCn2c(COc3ccc(Cl)cc3)nc3ccccc32)C1. The van der Waals surface area contributed by atoms with Gasteiger partial charge in [0, 0.05) is 18.1 Å². The van der Waals surface area contributed by atoms with Crippen LogP contribution in [0.3, 0.4) is 0 Å². The number of aryl methyl sites for hydroxylation is 1. The molecule has 0 N–H and O–H groups in total. The molecule has 28 heavy (non-hydrogen) atoms. The smallest absolute Gasteiger partial charge is 0.147 e. The van der Waals surface area contributed by atoms with Gasteiger partial charge < -0.3 is 14.2 Å². The Morgan fingerprint density at radius 1 is 1.14 bits per heavy atom. The molecule has 1 saturated heterocycles. The van der Waals surface area contributed by atoms with Gasteiger partial charge in [0.2, 0.25) is 0 Å². The van der Waals surface area contributed by atoms with E-state index in [0.29, 0.717) is 11.6 Å². The maximum atomic E-state index is 5.98. The third-order valence-electron chi connectivity index (χ3n) is 5.63. The molecule has 1 aliphatic rings. The van der Waals surface area contributed by atoms with E-state index in [2.05, 4.69) is 34.7 Å². The van der Waals surface area contributed by atoms with Crippen molar-refractivity contribution in [3.63, 3.8) is 0 Å². The van der Waals surface area contributed by atoms with Crippen molar-refractivity contribution in [3.8, 4) is 5.75 Å². The molecule has 148 valence electrons. The summed E-state index contributed by atoms with van der Waals surface area (Å²) in [7, 11) is 2.24. The first-order chi connectivity index (χ1) is 13.7. The summed E-state index contributed by atoms with van der Waals surface area (Å²) in [4.78, 5) is 7.29. The molecule has 4 rings (SSSR count). The first-order valence-electron chi connectivity index (χ1n) is 10.2. The summed E-state index contributed by atoms with van der Waals surface area (Å²) < 4.78 is 8.31. The third kappa shape index (κ3) is 4.68. The van der Waals surface area contributed by atoms with Crippen LogP contribution >= 0.6 is 11.6 Å². The Morgan fingerprint density at radius 2 is 1.96 bits per heavy atom. The lowest BCUT2D eigenvalue weighted by Crippen LogP contribution is -2.32. The molecule has 3 aromatic rings. The minimum Gasteiger partial charge on any atom is -0.486 e. The van der Waals surface area contributed by atoms with Crippen molar-refractivity contribution in [3.05, 3.63) is 59.4 Å². The quantitative estimate of drug-likeness (QED) is 0.535. The van der Waals surface area contributed by atoms with Crippen LogP contribution in [-0.2, 0) is 13.2 Å². The van der Waals surface area contributed by atoms with Crippen LogP contribution in [0, 0.1) is 5.92 Å². The van der Waals surface area contributed by atoms with Crippen molar-refractivity contribution in [2.45, 2.75) is 38.8 Å². The lowest BCUT2D eigenvalue weighted by Gasteiger charge is -2.29. The Bertz CT molecular complexity index is 906. The fourth-order valence-corrected chi connectivity index (χ4v) is 4.34. The number of rotatable bonds is 7. The predicted octanol–water partition coefficient (Wildman–Crippen LogP) is 5.39. The first kappa shape index (κ1) is 19.3. The molecule has 0 saturated carbocycles. The minimum atomic E-state index is 0.461. The molecule has 0 aliphatic carbocycles. The number of hydrogen-bond acceptors (Lipinski definition) is 3. The van der Waals surface area contributed by atoms with Crippen molar-refractivity contribution in [1.82, 2.24) is 14.5 Å². The fourth-order valence-electron chi connectivity index (χ4n) is 4.21. The van der Waals surface area contributed by atoms with Crippen LogP contribution in [-0.4, -0.2) is 34.6 Å². The van der Waals surface area contributed by atoms with E-state index in [1.54, 1.807) is 0 Å². The van der Waals surface area contributed by atoms with Crippen LogP contribution in [0.1, 0.15) is 31.5 Å². The van der Waals surface area contributed by atoms with Crippen molar-refractivity contribution in [2.75, 3.05) is 20.1 Å². The highest BCUT2D eigenvalue weighted by atomic mass is 35.5. The maximum absolute atomic E-state index is 5.98. The normalized spacial score (nSPS) is 17.9. The molecule has 0 bridgehead atoms. The monoisotopic (exact) mass is 397 g/mol. The van der Waals surface area contributed by atoms with Gasteiger partial charge in [-0.25, -0.2) is 4.98 Å². The van der Waals surface area contributed by atoms with Gasteiger partial charge >= 0.3 is 0 Å². The number of ether oxygens (including phenoxy) is 1. The lowest BCUT2D eigenvalue weighted by molar-refractivity contribution is 0.198. The van der Waals surface area contributed by atoms with Crippen LogP contribution in [0.15, 0.2) is 48.5 Å². The summed E-state index contributed by atoms with van der Waals surface area (Å²) in [5.41, 5.74) is 2.23. The second kappa shape index (κ2) is 8.97. The molecule has 5 heteroatoms. The number of likely N-dealkylation sites (tertiary alicyclic amines) is 1. The maximum Gasteiger partial charge on any atom is 0.147 e. The van der Waals surface area contributed by atoms with Gasteiger partial charge in [-0.2, -0.15) is 0 Å². The van der Waals surface area contributed by atoms with E-state index in [1.165, 1.54) is 44.3 Å². The molecular formula is C23H28ClN3O. The number of benzene rings is 2. The predicted molar refractivity (Wildman–Crippen MR) is 115 cm³/mol. The van der Waals surface area contributed by atoms with E-state index in [-0.39, 0.29) is 0 Å².